The van der Waals surface area contributed by atoms with Gasteiger partial charge in [-0.15, -0.1) is 11.3 Å². The molecule has 0 saturated carbocycles. The van der Waals surface area contributed by atoms with Crippen LogP contribution in [0.3, 0.4) is 0 Å². The van der Waals surface area contributed by atoms with Crippen molar-refractivity contribution in [1.82, 2.24) is 10.3 Å². The van der Waals surface area contributed by atoms with Crippen LogP contribution in [0.5, 0.6) is 11.5 Å². The second-order valence-corrected chi connectivity index (χ2v) is 8.24. The van der Waals surface area contributed by atoms with Crippen LogP contribution in [0.1, 0.15) is 11.1 Å². The minimum atomic E-state index is -4.68. The molecule has 0 saturated heterocycles. The Hall–Kier alpha value is -3.50. The van der Waals surface area contributed by atoms with E-state index < -0.39 is 17.6 Å². The summed E-state index contributed by atoms with van der Waals surface area (Å²) in [6.07, 6.45) is -3.10. The molecule has 1 amide bonds. The summed E-state index contributed by atoms with van der Waals surface area (Å²) in [6, 6.07) is 15.8. The molecule has 2 aromatic heterocycles. The molecule has 5 nitrogen and oxygen atoms in total. The van der Waals surface area contributed by atoms with Crippen LogP contribution >= 0.6 is 23.6 Å². The van der Waals surface area contributed by atoms with E-state index in [4.69, 9.17) is 17.0 Å². The Labute approximate surface area is 196 Å². The third-order valence-electron chi connectivity index (χ3n) is 4.54. The number of thiophene rings is 1. The third kappa shape index (κ3) is 5.65. The first kappa shape index (κ1) is 22.7. The lowest BCUT2D eigenvalue weighted by Crippen LogP contribution is -2.35. The van der Waals surface area contributed by atoms with E-state index in [1.54, 1.807) is 36.4 Å². The third-order valence-corrected chi connectivity index (χ3v) is 5.66. The first-order chi connectivity index (χ1) is 15.8. The van der Waals surface area contributed by atoms with Crippen molar-refractivity contribution in [2.75, 3.05) is 5.32 Å². The van der Waals surface area contributed by atoms with Gasteiger partial charge in [-0.1, -0.05) is 30.3 Å². The number of benzene rings is 2. The molecule has 0 aliphatic rings. The van der Waals surface area contributed by atoms with Gasteiger partial charge in [0.15, 0.2) is 5.11 Å². The predicted molar refractivity (Wildman–Crippen MR) is 126 cm³/mol. The van der Waals surface area contributed by atoms with Gasteiger partial charge >= 0.3 is 6.18 Å². The predicted octanol–water partition coefficient (Wildman–Crippen LogP) is 6.16. The normalized spacial score (nSPS) is 11.2. The van der Waals surface area contributed by atoms with Crippen LogP contribution in [-0.2, 0) is 17.4 Å². The number of nitrogens with zero attached hydrogens (tertiary/aromatic N) is 1. The van der Waals surface area contributed by atoms with Crippen LogP contribution in [0.2, 0.25) is 0 Å². The number of carbonyl (C=O) groups is 1. The average Bonchev–Trinajstić information content (AvgIpc) is 3.24. The zero-order chi connectivity index (χ0) is 23.4. The second kappa shape index (κ2) is 9.55. The lowest BCUT2D eigenvalue weighted by molar-refractivity contribution is -0.137. The molecule has 4 rings (SSSR count). The molecule has 10 heteroatoms. The summed E-state index contributed by atoms with van der Waals surface area (Å²) in [7, 11) is 0. The number of ether oxygens (including phenoxy) is 1. The minimum Gasteiger partial charge on any atom is -0.456 e. The molecule has 0 radical (unpaired) electrons. The maximum Gasteiger partial charge on any atom is 0.418 e. The Morgan fingerprint density at radius 1 is 1.09 bits per heavy atom. The molecule has 0 atom stereocenters. The molecule has 168 valence electrons. The van der Waals surface area contributed by atoms with Crippen molar-refractivity contribution in [3.05, 3.63) is 83.4 Å². The summed E-state index contributed by atoms with van der Waals surface area (Å²) >= 11 is 6.43. The maximum absolute atomic E-state index is 13.7. The SMILES string of the molecule is O=C(Cc1ccccc1)NC(=S)Nc1ccc(Oc2ccnc3ccsc23)cc1C(F)(F)F. The number of aromatic nitrogens is 1. The summed E-state index contributed by atoms with van der Waals surface area (Å²) < 4.78 is 47.7. The van der Waals surface area contributed by atoms with E-state index in [-0.39, 0.29) is 23.0 Å². The van der Waals surface area contributed by atoms with E-state index in [0.29, 0.717) is 11.3 Å². The van der Waals surface area contributed by atoms with Crippen LogP contribution in [0, 0.1) is 0 Å². The summed E-state index contributed by atoms with van der Waals surface area (Å²) in [5, 5.41) is 6.46. The number of hydrogen-bond acceptors (Lipinski definition) is 5. The van der Waals surface area contributed by atoms with Crippen LogP contribution in [0.15, 0.2) is 72.2 Å². The fourth-order valence-electron chi connectivity index (χ4n) is 3.09. The average molecular weight is 488 g/mol. The number of hydrogen-bond donors (Lipinski definition) is 2. The van der Waals surface area contributed by atoms with E-state index >= 15 is 0 Å². The summed E-state index contributed by atoms with van der Waals surface area (Å²) in [5.74, 6) is -0.0230. The van der Waals surface area contributed by atoms with Crippen molar-refractivity contribution in [3.8, 4) is 11.5 Å². The summed E-state index contributed by atoms with van der Waals surface area (Å²) in [6.45, 7) is 0. The van der Waals surface area contributed by atoms with Gasteiger partial charge < -0.3 is 15.4 Å². The number of pyridine rings is 1. The Morgan fingerprint density at radius 2 is 1.88 bits per heavy atom. The number of halogens is 3. The fraction of sp³-hybridized carbons (Fsp3) is 0.0870. The highest BCUT2D eigenvalue weighted by Crippen LogP contribution is 2.39. The molecule has 4 aromatic rings. The van der Waals surface area contributed by atoms with Crippen molar-refractivity contribution < 1.29 is 22.7 Å². The minimum absolute atomic E-state index is 0.00723. The number of nitrogens with one attached hydrogen (secondary N) is 2. The molecular weight excluding hydrogens is 471 g/mol. The van der Waals surface area contributed by atoms with E-state index in [9.17, 15) is 18.0 Å². The molecule has 0 spiro atoms. The van der Waals surface area contributed by atoms with Crippen LogP contribution in [0.25, 0.3) is 10.2 Å². The summed E-state index contributed by atoms with van der Waals surface area (Å²) in [5.41, 5.74) is 0.182. The van der Waals surface area contributed by atoms with Gasteiger partial charge in [0.1, 0.15) is 11.5 Å². The second-order valence-electron chi connectivity index (χ2n) is 6.92. The van der Waals surface area contributed by atoms with Gasteiger partial charge in [0.25, 0.3) is 0 Å². The number of alkyl halides is 3. The Morgan fingerprint density at radius 3 is 2.64 bits per heavy atom. The van der Waals surface area contributed by atoms with Crippen molar-refractivity contribution in [1.29, 1.82) is 0 Å². The molecular formula is C23H16F3N3O2S2. The number of anilines is 1. The van der Waals surface area contributed by atoms with E-state index in [2.05, 4.69) is 15.6 Å². The highest BCUT2D eigenvalue weighted by molar-refractivity contribution is 7.80. The number of amides is 1. The Balaban J connectivity index is 1.50. The van der Waals surface area contributed by atoms with Gasteiger partial charge in [-0.3, -0.25) is 9.78 Å². The van der Waals surface area contributed by atoms with Crippen molar-refractivity contribution >= 4 is 50.5 Å². The van der Waals surface area contributed by atoms with Crippen molar-refractivity contribution in [3.63, 3.8) is 0 Å². The van der Waals surface area contributed by atoms with Crippen molar-refractivity contribution in [2.24, 2.45) is 0 Å². The van der Waals surface area contributed by atoms with Gasteiger partial charge in [0.2, 0.25) is 5.91 Å². The monoisotopic (exact) mass is 487 g/mol. The van der Waals surface area contributed by atoms with E-state index in [1.165, 1.54) is 29.7 Å². The van der Waals surface area contributed by atoms with Gasteiger partial charge in [0.05, 0.1) is 27.9 Å². The van der Waals surface area contributed by atoms with Crippen molar-refractivity contribution in [2.45, 2.75) is 12.6 Å². The molecule has 0 aliphatic heterocycles. The summed E-state index contributed by atoms with van der Waals surface area (Å²) in [4.78, 5) is 16.3. The van der Waals surface area contributed by atoms with Gasteiger partial charge in [-0.25, -0.2) is 0 Å². The molecule has 2 aromatic carbocycles. The molecule has 2 N–H and O–H groups in total. The smallest absolute Gasteiger partial charge is 0.418 e. The number of rotatable bonds is 5. The van der Waals surface area contributed by atoms with Crippen LogP contribution < -0.4 is 15.4 Å². The molecule has 0 fully saturated rings. The zero-order valence-corrected chi connectivity index (χ0v) is 18.5. The number of carbonyl (C=O) groups excluding carboxylic acids is 1. The van der Waals surface area contributed by atoms with Gasteiger partial charge in [0, 0.05) is 12.3 Å². The van der Waals surface area contributed by atoms with Crippen LogP contribution in [0.4, 0.5) is 18.9 Å². The first-order valence-electron chi connectivity index (χ1n) is 9.65. The van der Waals surface area contributed by atoms with Gasteiger partial charge in [-0.05, 0) is 47.4 Å². The van der Waals surface area contributed by atoms with Gasteiger partial charge in [-0.2, -0.15) is 13.2 Å². The highest BCUT2D eigenvalue weighted by Gasteiger charge is 2.34. The molecule has 0 unspecified atom stereocenters. The Kier molecular flexibility index (Phi) is 6.57. The zero-order valence-electron chi connectivity index (χ0n) is 16.8. The standard InChI is InChI=1S/C23H16F3N3O2S2/c24-23(25,26)16-13-15(31-19-8-10-27-18-9-11-33-21(18)19)6-7-17(16)28-22(32)29-20(30)12-14-4-2-1-3-5-14/h1-11,13H,12H2,(H2,28,29,30,32). The Bertz CT molecular complexity index is 1310. The topological polar surface area (TPSA) is 63.2 Å². The molecule has 2 heterocycles. The largest absolute Gasteiger partial charge is 0.456 e. The quantitative estimate of drug-likeness (QED) is 0.330. The van der Waals surface area contributed by atoms with E-state index in [0.717, 1.165) is 16.3 Å². The molecule has 0 aliphatic carbocycles. The lowest BCUT2D eigenvalue weighted by Gasteiger charge is -2.17. The number of thiocarbonyl (C=S) groups is 1. The fourth-order valence-corrected chi connectivity index (χ4v) is 4.12. The van der Waals surface area contributed by atoms with Crippen LogP contribution in [-0.4, -0.2) is 16.0 Å². The number of fused-ring (bicyclic) bond motifs is 1. The first-order valence-corrected chi connectivity index (χ1v) is 10.9. The van der Waals surface area contributed by atoms with E-state index in [1.807, 2.05) is 11.4 Å². The molecule has 0 bridgehead atoms. The lowest BCUT2D eigenvalue weighted by atomic mass is 10.1. The highest BCUT2D eigenvalue weighted by atomic mass is 32.1. The molecule has 33 heavy (non-hydrogen) atoms. The maximum atomic E-state index is 13.7.